The maximum atomic E-state index is 6.59. The molecule has 5 heteroatoms. The van der Waals surface area contributed by atoms with Crippen LogP contribution in [0.1, 0.15) is 47.1 Å². The molecule has 1 atom stereocenters. The number of nitrogens with zero attached hydrogens (tertiary/aromatic N) is 1. The van der Waals surface area contributed by atoms with Gasteiger partial charge < -0.3 is 19.1 Å². The smallest absolute Gasteiger partial charge is 0.0701 e. The van der Waals surface area contributed by atoms with Crippen LogP contribution in [-0.4, -0.2) is 58.1 Å². The first-order valence-electron chi connectivity index (χ1n) is 11.4. The second-order valence-corrected chi connectivity index (χ2v) is 8.74. The molecule has 170 valence electrons. The zero-order valence-corrected chi connectivity index (χ0v) is 19.9. The minimum atomic E-state index is 0.358. The molecular formula is C26H36ClNO3. The molecule has 2 aromatic carbocycles. The third-order valence-electron chi connectivity index (χ3n) is 5.73. The highest BCUT2D eigenvalue weighted by Crippen LogP contribution is 2.37. The van der Waals surface area contributed by atoms with E-state index in [4.69, 9.17) is 25.8 Å². The predicted octanol–water partition coefficient (Wildman–Crippen LogP) is 5.23. The van der Waals surface area contributed by atoms with E-state index in [1.165, 1.54) is 27.8 Å². The quantitative estimate of drug-likeness (QED) is 0.418. The van der Waals surface area contributed by atoms with Crippen molar-refractivity contribution in [2.45, 2.75) is 39.2 Å². The molecular weight excluding hydrogens is 410 g/mol. The number of aryl methyl sites for hydroxylation is 2. The first kappa shape index (κ1) is 24.2. The summed E-state index contributed by atoms with van der Waals surface area (Å²) < 4.78 is 16.4. The topological polar surface area (TPSA) is 30.9 Å². The van der Waals surface area contributed by atoms with Gasteiger partial charge in [0, 0.05) is 37.2 Å². The summed E-state index contributed by atoms with van der Waals surface area (Å²) in [6, 6.07) is 13.4. The Morgan fingerprint density at radius 3 is 2.52 bits per heavy atom. The van der Waals surface area contributed by atoms with Crippen LogP contribution in [0.2, 0.25) is 5.02 Å². The van der Waals surface area contributed by atoms with Gasteiger partial charge in [-0.25, -0.2) is 0 Å². The molecule has 0 spiro atoms. The van der Waals surface area contributed by atoms with E-state index in [0.29, 0.717) is 32.3 Å². The van der Waals surface area contributed by atoms with Crippen molar-refractivity contribution < 1.29 is 14.2 Å². The largest absolute Gasteiger partial charge is 0.379 e. The van der Waals surface area contributed by atoms with E-state index in [2.05, 4.69) is 55.3 Å². The number of halogens is 1. The average molecular weight is 446 g/mol. The van der Waals surface area contributed by atoms with Gasteiger partial charge in [0.25, 0.3) is 0 Å². The van der Waals surface area contributed by atoms with E-state index in [1.807, 2.05) is 6.92 Å². The first-order chi connectivity index (χ1) is 15.1. The Kier molecular flexibility index (Phi) is 9.82. The number of rotatable bonds is 12. The molecule has 0 aromatic heterocycles. The van der Waals surface area contributed by atoms with Gasteiger partial charge in [-0.2, -0.15) is 0 Å². The molecule has 4 nitrogen and oxygen atoms in total. The summed E-state index contributed by atoms with van der Waals surface area (Å²) in [5.41, 5.74) is 6.62. The maximum Gasteiger partial charge on any atom is 0.0701 e. The van der Waals surface area contributed by atoms with Crippen molar-refractivity contribution in [1.29, 1.82) is 0 Å². The number of ether oxygens (including phenoxy) is 3. The highest BCUT2D eigenvalue weighted by Gasteiger charge is 2.26. The van der Waals surface area contributed by atoms with Gasteiger partial charge in [0.2, 0.25) is 0 Å². The van der Waals surface area contributed by atoms with E-state index in [-0.39, 0.29) is 0 Å². The number of likely N-dealkylation sites (N-methyl/N-ethyl adjacent to an activating group) is 1. The van der Waals surface area contributed by atoms with Crippen LogP contribution in [0.25, 0.3) is 0 Å². The lowest BCUT2D eigenvalue weighted by Crippen LogP contribution is -2.31. The van der Waals surface area contributed by atoms with E-state index in [9.17, 15) is 0 Å². The predicted molar refractivity (Wildman–Crippen MR) is 127 cm³/mol. The Labute approximate surface area is 192 Å². The van der Waals surface area contributed by atoms with Crippen LogP contribution >= 0.6 is 11.6 Å². The molecule has 0 bridgehead atoms. The fourth-order valence-corrected chi connectivity index (χ4v) is 4.57. The average Bonchev–Trinajstić information content (AvgIpc) is 2.75. The Morgan fingerprint density at radius 1 is 1.00 bits per heavy atom. The monoisotopic (exact) mass is 445 g/mol. The molecule has 31 heavy (non-hydrogen) atoms. The highest BCUT2D eigenvalue weighted by atomic mass is 35.5. The second-order valence-electron chi connectivity index (χ2n) is 8.33. The van der Waals surface area contributed by atoms with Crippen molar-refractivity contribution in [3.8, 4) is 0 Å². The van der Waals surface area contributed by atoms with Crippen molar-refractivity contribution >= 4 is 11.6 Å². The van der Waals surface area contributed by atoms with E-state index < -0.39 is 0 Å². The third-order valence-corrected chi connectivity index (χ3v) is 6.06. The van der Waals surface area contributed by atoms with Gasteiger partial charge in [-0.05, 0) is 67.6 Å². The summed E-state index contributed by atoms with van der Waals surface area (Å²) in [6.07, 6.45) is 2.03. The lowest BCUT2D eigenvalue weighted by atomic mass is 9.83. The fourth-order valence-electron chi connectivity index (χ4n) is 4.23. The van der Waals surface area contributed by atoms with Crippen LogP contribution in [0, 0.1) is 6.92 Å². The van der Waals surface area contributed by atoms with E-state index >= 15 is 0 Å². The lowest BCUT2D eigenvalue weighted by Gasteiger charge is -2.33. The SMILES string of the molecule is CCOCCOCCOCCCc1cccc(C2CN(C)Cc3c(Cl)cc(C)cc32)c1. The Balaban J connectivity index is 1.51. The summed E-state index contributed by atoms with van der Waals surface area (Å²) in [5.74, 6) is 0.358. The normalized spacial score (nSPS) is 16.5. The van der Waals surface area contributed by atoms with Crippen LogP contribution in [-0.2, 0) is 27.2 Å². The molecule has 0 N–H and O–H groups in total. The third kappa shape index (κ3) is 7.30. The molecule has 1 aliphatic rings. The van der Waals surface area contributed by atoms with Gasteiger partial charge in [0.1, 0.15) is 0 Å². The van der Waals surface area contributed by atoms with Gasteiger partial charge in [0.15, 0.2) is 0 Å². The first-order valence-corrected chi connectivity index (χ1v) is 11.8. The van der Waals surface area contributed by atoms with Crippen LogP contribution < -0.4 is 0 Å². The number of benzene rings is 2. The van der Waals surface area contributed by atoms with Crippen LogP contribution in [0.4, 0.5) is 0 Å². The molecule has 1 unspecified atom stereocenters. The molecule has 0 fully saturated rings. The number of fused-ring (bicyclic) bond motifs is 1. The van der Waals surface area contributed by atoms with Crippen molar-refractivity contribution in [3.05, 3.63) is 69.2 Å². The molecule has 2 aromatic rings. The van der Waals surface area contributed by atoms with Gasteiger partial charge in [0.05, 0.1) is 26.4 Å². The molecule has 0 saturated heterocycles. The standard InChI is InChI=1S/C26H36ClNO3/c1-4-29-11-12-31-14-13-30-10-6-8-21-7-5-9-22(17-21)24-18-28(3)19-25-23(24)15-20(2)16-26(25)27/h5,7,9,15-17,24H,4,6,8,10-14,18-19H2,1-3H3. The Morgan fingerprint density at radius 2 is 1.74 bits per heavy atom. The minimum Gasteiger partial charge on any atom is -0.379 e. The molecule has 0 saturated carbocycles. The molecule has 3 rings (SSSR count). The summed E-state index contributed by atoms with van der Waals surface area (Å²) in [4.78, 5) is 2.37. The summed E-state index contributed by atoms with van der Waals surface area (Å²) in [7, 11) is 2.17. The molecule has 0 radical (unpaired) electrons. The van der Waals surface area contributed by atoms with Crippen molar-refractivity contribution in [3.63, 3.8) is 0 Å². The zero-order valence-electron chi connectivity index (χ0n) is 19.2. The lowest BCUT2D eigenvalue weighted by molar-refractivity contribution is 0.0166. The summed E-state index contributed by atoms with van der Waals surface area (Å²) in [5, 5.41) is 0.890. The number of hydrogen-bond acceptors (Lipinski definition) is 4. The molecule has 0 amide bonds. The zero-order chi connectivity index (χ0) is 22.1. The number of hydrogen-bond donors (Lipinski definition) is 0. The Hall–Kier alpha value is -1.43. The van der Waals surface area contributed by atoms with Gasteiger partial charge in [-0.3, -0.25) is 0 Å². The second kappa shape index (κ2) is 12.6. The van der Waals surface area contributed by atoms with Gasteiger partial charge in [-0.1, -0.05) is 41.9 Å². The van der Waals surface area contributed by atoms with Crippen LogP contribution in [0.15, 0.2) is 36.4 Å². The van der Waals surface area contributed by atoms with Gasteiger partial charge >= 0.3 is 0 Å². The molecule has 1 aliphatic heterocycles. The van der Waals surface area contributed by atoms with Crippen molar-refractivity contribution in [2.24, 2.45) is 0 Å². The van der Waals surface area contributed by atoms with Crippen LogP contribution in [0.3, 0.4) is 0 Å². The Bertz CT molecular complexity index is 826. The van der Waals surface area contributed by atoms with Crippen molar-refractivity contribution in [2.75, 3.05) is 53.2 Å². The summed E-state index contributed by atoms with van der Waals surface area (Å²) in [6.45, 7) is 10.1. The van der Waals surface area contributed by atoms with Gasteiger partial charge in [-0.15, -0.1) is 0 Å². The minimum absolute atomic E-state index is 0.358. The highest BCUT2D eigenvalue weighted by molar-refractivity contribution is 6.31. The fraction of sp³-hybridized carbons (Fsp3) is 0.538. The maximum absolute atomic E-state index is 6.59. The van der Waals surface area contributed by atoms with E-state index in [1.54, 1.807) is 0 Å². The molecule has 0 aliphatic carbocycles. The van der Waals surface area contributed by atoms with Crippen molar-refractivity contribution in [1.82, 2.24) is 4.90 Å². The van der Waals surface area contributed by atoms with E-state index in [0.717, 1.165) is 44.2 Å². The molecule has 1 heterocycles. The summed E-state index contributed by atoms with van der Waals surface area (Å²) >= 11 is 6.59. The van der Waals surface area contributed by atoms with Crippen LogP contribution in [0.5, 0.6) is 0 Å².